The number of carbonyl (C=O) groups is 1. The summed E-state index contributed by atoms with van der Waals surface area (Å²) in [7, 11) is 0. The van der Waals surface area contributed by atoms with E-state index in [2.05, 4.69) is 54.8 Å². The van der Waals surface area contributed by atoms with Gasteiger partial charge in [-0.05, 0) is 55.9 Å². The van der Waals surface area contributed by atoms with Crippen molar-refractivity contribution in [2.24, 2.45) is 0 Å². The van der Waals surface area contributed by atoms with Crippen molar-refractivity contribution in [2.75, 3.05) is 31.1 Å². The number of hydrogen-bond acceptors (Lipinski definition) is 4. The van der Waals surface area contributed by atoms with Crippen LogP contribution >= 0.6 is 0 Å². The van der Waals surface area contributed by atoms with Crippen molar-refractivity contribution in [1.29, 1.82) is 0 Å². The van der Waals surface area contributed by atoms with Crippen LogP contribution in [0, 0.1) is 6.92 Å². The van der Waals surface area contributed by atoms with Crippen LogP contribution in [0.3, 0.4) is 0 Å². The average Bonchev–Trinajstić information content (AvgIpc) is 2.79. The van der Waals surface area contributed by atoms with Crippen molar-refractivity contribution in [3.05, 3.63) is 90.0 Å². The van der Waals surface area contributed by atoms with Gasteiger partial charge in [-0.25, -0.2) is 4.79 Å². The Hall–Kier alpha value is -3.11. The smallest absolute Gasteiger partial charge is 0.340 e. The minimum atomic E-state index is -0.299. The molecular weight excluding hydrogens is 372 g/mol. The molecule has 3 aromatic rings. The minimum Gasteiger partial charge on any atom is -0.461 e. The number of anilines is 3. The Morgan fingerprint density at radius 2 is 1.40 bits per heavy atom. The van der Waals surface area contributed by atoms with E-state index in [1.54, 1.807) is 0 Å². The Morgan fingerprint density at radius 3 is 2.07 bits per heavy atom. The lowest BCUT2D eigenvalue weighted by Gasteiger charge is -2.28. The van der Waals surface area contributed by atoms with Crippen LogP contribution in [-0.4, -0.2) is 37.1 Å². The molecule has 0 saturated carbocycles. The van der Waals surface area contributed by atoms with Crippen molar-refractivity contribution in [3.8, 4) is 0 Å². The van der Waals surface area contributed by atoms with Crippen molar-refractivity contribution < 1.29 is 9.53 Å². The summed E-state index contributed by atoms with van der Waals surface area (Å²) in [5.41, 5.74) is 4.53. The highest BCUT2D eigenvalue weighted by Crippen LogP contribution is 2.38. The first-order valence-corrected chi connectivity index (χ1v) is 10.5. The van der Waals surface area contributed by atoms with Crippen molar-refractivity contribution in [3.63, 3.8) is 0 Å². The molecule has 30 heavy (non-hydrogen) atoms. The van der Waals surface area contributed by atoms with Crippen LogP contribution in [0.2, 0.25) is 0 Å². The van der Waals surface area contributed by atoms with Gasteiger partial charge in [-0.1, -0.05) is 62.4 Å². The zero-order chi connectivity index (χ0) is 21.3. The second-order valence-electron chi connectivity index (χ2n) is 7.14. The SMILES string of the molecule is CCN(CC)CCOC(=O)c1ccccc1N(c1ccccc1)c1ccccc1C. The molecule has 0 aliphatic heterocycles. The van der Waals surface area contributed by atoms with E-state index < -0.39 is 0 Å². The molecule has 0 amide bonds. The molecule has 0 aliphatic rings. The van der Waals surface area contributed by atoms with Crippen LogP contribution < -0.4 is 4.90 Å². The fourth-order valence-electron chi connectivity index (χ4n) is 3.53. The first-order chi connectivity index (χ1) is 14.7. The van der Waals surface area contributed by atoms with Gasteiger partial charge in [0, 0.05) is 17.9 Å². The largest absolute Gasteiger partial charge is 0.461 e. The van der Waals surface area contributed by atoms with Crippen molar-refractivity contribution in [2.45, 2.75) is 20.8 Å². The van der Waals surface area contributed by atoms with Gasteiger partial charge in [0.05, 0.1) is 11.3 Å². The van der Waals surface area contributed by atoms with Gasteiger partial charge in [-0.3, -0.25) is 0 Å². The Balaban J connectivity index is 1.96. The Kier molecular flexibility index (Phi) is 7.63. The molecular formula is C26H30N2O2. The predicted molar refractivity (Wildman–Crippen MR) is 124 cm³/mol. The fraction of sp³-hybridized carbons (Fsp3) is 0.269. The van der Waals surface area contributed by atoms with E-state index in [1.807, 2.05) is 54.6 Å². The van der Waals surface area contributed by atoms with Crippen LogP contribution in [-0.2, 0) is 4.74 Å². The number of hydrogen-bond donors (Lipinski definition) is 0. The predicted octanol–water partition coefficient (Wildman–Crippen LogP) is 5.96. The standard InChI is InChI=1S/C26H30N2O2/c1-4-27(5-2)19-20-30-26(29)23-16-10-12-18-25(23)28(22-14-7-6-8-15-22)24-17-11-9-13-21(24)3/h6-18H,4-5,19-20H2,1-3H3. The Labute approximate surface area is 179 Å². The van der Waals surface area contributed by atoms with Crippen LogP contribution in [0.25, 0.3) is 0 Å². The fourth-order valence-corrected chi connectivity index (χ4v) is 3.53. The number of carbonyl (C=O) groups excluding carboxylic acids is 1. The third-order valence-corrected chi connectivity index (χ3v) is 5.27. The number of nitrogens with zero attached hydrogens (tertiary/aromatic N) is 2. The topological polar surface area (TPSA) is 32.8 Å². The van der Waals surface area contributed by atoms with Crippen LogP contribution in [0.1, 0.15) is 29.8 Å². The number of rotatable bonds is 9. The molecule has 0 fully saturated rings. The van der Waals surface area contributed by atoms with Gasteiger partial charge < -0.3 is 14.5 Å². The van der Waals surface area contributed by atoms with E-state index in [0.717, 1.165) is 42.3 Å². The molecule has 0 bridgehead atoms. The lowest BCUT2D eigenvalue weighted by Crippen LogP contribution is -2.28. The number of likely N-dealkylation sites (N-methyl/N-ethyl adjacent to an activating group) is 1. The summed E-state index contributed by atoms with van der Waals surface area (Å²) in [6, 6.07) is 25.9. The Bertz CT molecular complexity index is 952. The molecule has 156 valence electrons. The maximum atomic E-state index is 13.0. The maximum Gasteiger partial charge on any atom is 0.340 e. The highest BCUT2D eigenvalue weighted by atomic mass is 16.5. The van der Waals surface area contributed by atoms with Gasteiger partial charge >= 0.3 is 5.97 Å². The molecule has 3 aromatic carbocycles. The van der Waals surface area contributed by atoms with Gasteiger partial charge in [0.25, 0.3) is 0 Å². The van der Waals surface area contributed by atoms with Crippen LogP contribution in [0.5, 0.6) is 0 Å². The molecule has 0 atom stereocenters. The number of esters is 1. The van der Waals surface area contributed by atoms with E-state index in [1.165, 1.54) is 0 Å². The van der Waals surface area contributed by atoms with Crippen molar-refractivity contribution in [1.82, 2.24) is 4.90 Å². The zero-order valence-electron chi connectivity index (χ0n) is 18.0. The first kappa shape index (κ1) is 21.6. The number of ether oxygens (including phenoxy) is 1. The molecule has 0 spiro atoms. The normalized spacial score (nSPS) is 10.8. The molecule has 0 saturated heterocycles. The molecule has 4 heteroatoms. The van der Waals surface area contributed by atoms with Gasteiger partial charge in [0.1, 0.15) is 6.61 Å². The molecule has 0 radical (unpaired) electrons. The third-order valence-electron chi connectivity index (χ3n) is 5.27. The summed E-state index contributed by atoms with van der Waals surface area (Å²) in [5, 5.41) is 0. The van der Waals surface area contributed by atoms with Gasteiger partial charge in [0.15, 0.2) is 0 Å². The first-order valence-electron chi connectivity index (χ1n) is 10.5. The summed E-state index contributed by atoms with van der Waals surface area (Å²) in [6.45, 7) is 9.31. The quantitative estimate of drug-likeness (QED) is 0.413. The van der Waals surface area contributed by atoms with E-state index in [4.69, 9.17) is 4.74 Å². The average molecular weight is 403 g/mol. The number of aryl methyl sites for hydroxylation is 1. The number of para-hydroxylation sites is 3. The lowest BCUT2D eigenvalue weighted by molar-refractivity contribution is 0.0467. The van der Waals surface area contributed by atoms with E-state index in [0.29, 0.717) is 12.2 Å². The van der Waals surface area contributed by atoms with Crippen LogP contribution in [0.15, 0.2) is 78.9 Å². The second kappa shape index (κ2) is 10.6. The highest BCUT2D eigenvalue weighted by molar-refractivity contribution is 5.99. The van der Waals surface area contributed by atoms with Gasteiger partial charge in [-0.2, -0.15) is 0 Å². The number of benzene rings is 3. The van der Waals surface area contributed by atoms with E-state index in [-0.39, 0.29) is 5.97 Å². The molecule has 0 N–H and O–H groups in total. The summed E-state index contributed by atoms with van der Waals surface area (Å²) >= 11 is 0. The highest BCUT2D eigenvalue weighted by Gasteiger charge is 2.21. The monoisotopic (exact) mass is 402 g/mol. The van der Waals surface area contributed by atoms with Gasteiger partial charge in [-0.15, -0.1) is 0 Å². The lowest BCUT2D eigenvalue weighted by atomic mass is 10.1. The summed E-state index contributed by atoms with van der Waals surface area (Å²) in [5.74, 6) is -0.299. The molecule has 0 aliphatic carbocycles. The second-order valence-corrected chi connectivity index (χ2v) is 7.14. The maximum absolute atomic E-state index is 13.0. The minimum absolute atomic E-state index is 0.299. The summed E-state index contributed by atoms with van der Waals surface area (Å²) in [4.78, 5) is 17.4. The summed E-state index contributed by atoms with van der Waals surface area (Å²) in [6.07, 6.45) is 0. The molecule has 0 heterocycles. The van der Waals surface area contributed by atoms with E-state index >= 15 is 0 Å². The molecule has 4 nitrogen and oxygen atoms in total. The third kappa shape index (κ3) is 5.08. The molecule has 3 rings (SSSR count). The van der Waals surface area contributed by atoms with Crippen LogP contribution in [0.4, 0.5) is 17.1 Å². The Morgan fingerprint density at radius 1 is 0.800 bits per heavy atom. The molecule has 0 unspecified atom stereocenters. The molecule has 0 aromatic heterocycles. The van der Waals surface area contributed by atoms with Gasteiger partial charge in [0.2, 0.25) is 0 Å². The summed E-state index contributed by atoms with van der Waals surface area (Å²) < 4.78 is 5.65. The zero-order valence-corrected chi connectivity index (χ0v) is 18.0. The van der Waals surface area contributed by atoms with Crippen molar-refractivity contribution >= 4 is 23.0 Å². The van der Waals surface area contributed by atoms with E-state index in [9.17, 15) is 4.79 Å².